The quantitative estimate of drug-likeness (QED) is 0.0838. The minimum absolute atomic E-state index is 0. The molecule has 0 N–H and O–H groups in total. The predicted molar refractivity (Wildman–Crippen MR) is 126 cm³/mol. The van der Waals surface area contributed by atoms with Crippen molar-refractivity contribution in [2.24, 2.45) is 0 Å². The van der Waals surface area contributed by atoms with Crippen molar-refractivity contribution in [1.29, 1.82) is 5.26 Å². The van der Waals surface area contributed by atoms with Gasteiger partial charge in [-0.3, -0.25) is 56.4 Å². The fraction of sp³-hybridized carbons (Fsp3) is 0.533. The molecule has 4 heterocycles. The van der Waals surface area contributed by atoms with Crippen LogP contribution in [0.5, 0.6) is 0 Å². The minimum Gasteiger partial charge on any atom is -0.373 e. The number of nitrogens with zero attached hydrogens (tertiary/aromatic N) is 24. The van der Waals surface area contributed by atoms with E-state index in [1.54, 1.807) is 10.9 Å². The van der Waals surface area contributed by atoms with Gasteiger partial charge >= 0.3 is 0 Å². The Morgan fingerprint density at radius 2 is 1.17 bits per heavy atom. The Kier molecular flexibility index (Phi) is 42.2. The van der Waals surface area contributed by atoms with E-state index in [1.807, 2.05) is 34.1 Å². The molecule has 4 aromatic rings. The standard InChI is InChI=1S/C6H9N8.C3H2N8.C3H2N2.C3H7.2N3.3Y/c1-4(2)14-10-6(9-13-14)3-5-7-11-12-8-5;1(2-4-8-9-5-2)3-6-10-11-7-3;1-5-3-2-4;3*1-3-2;;;/h4H,3H2,1-2H3;1H2;3H2;3H,1-2H3;;;;;/q-1;-2;;3*-1;;;. The van der Waals surface area contributed by atoms with Crippen molar-refractivity contribution in [3.05, 3.63) is 73.1 Å². The molecule has 4 rings (SSSR count). The number of rotatable bonds is 5. The molecule has 0 saturated heterocycles. The fourth-order valence-electron chi connectivity index (χ4n) is 1.57. The van der Waals surface area contributed by atoms with E-state index in [4.69, 9.17) is 34.0 Å². The Labute approximate surface area is 314 Å². The van der Waals surface area contributed by atoms with Gasteiger partial charge in [-0.25, -0.2) is 6.57 Å². The molecule has 0 amide bonds. The summed E-state index contributed by atoms with van der Waals surface area (Å²) < 4.78 is 0. The first-order chi connectivity index (χ1) is 18.9. The fourth-order valence-corrected chi connectivity index (χ4v) is 1.57. The summed E-state index contributed by atoms with van der Waals surface area (Å²) in [6, 6.07) is 1.87. The summed E-state index contributed by atoms with van der Waals surface area (Å²) in [6.07, 6.45) is 2.79. The van der Waals surface area contributed by atoms with Crippen LogP contribution in [0, 0.1) is 24.3 Å². The van der Waals surface area contributed by atoms with Crippen molar-refractivity contribution in [3.63, 3.8) is 0 Å². The first-order valence-electron chi connectivity index (χ1n) is 10.1. The zero-order valence-corrected chi connectivity index (χ0v) is 31.3. The van der Waals surface area contributed by atoms with Crippen molar-refractivity contribution < 1.29 is 98.1 Å². The van der Waals surface area contributed by atoms with E-state index in [0.717, 1.165) is 0 Å². The zero-order valence-electron chi connectivity index (χ0n) is 22.7. The second kappa shape index (κ2) is 36.2. The molecule has 0 fully saturated rings. The summed E-state index contributed by atoms with van der Waals surface area (Å²) in [7, 11) is 0. The SMILES string of the molecule is C(c1nn[n-]n1)c1nn[n-]n1.CC(C)n1nnc(Cc2nn[n-]n2)n1.C[CH-]C.[C-]#[N+]CC#N.[N-]=[N+]=[N-].[N-]=[N+]=[N-].[Y].[Y].[Y]. The van der Waals surface area contributed by atoms with Gasteiger partial charge < -0.3 is 48.7 Å². The van der Waals surface area contributed by atoms with Gasteiger partial charge in [0.1, 0.15) is 6.07 Å². The van der Waals surface area contributed by atoms with Gasteiger partial charge in [-0.2, -0.15) is 23.9 Å². The van der Waals surface area contributed by atoms with Gasteiger partial charge in [0, 0.05) is 116 Å². The van der Waals surface area contributed by atoms with E-state index < -0.39 is 0 Å². The Morgan fingerprint density at radius 1 is 0.810 bits per heavy atom. The number of aromatic nitrogens is 16. The molecular formula is C15H20N24Y3-6. The normalized spacial score (nSPS) is 7.69. The molecule has 0 aliphatic heterocycles. The summed E-state index contributed by atoms with van der Waals surface area (Å²) in [5, 5.41) is 61.1. The zero-order chi connectivity index (χ0) is 29.7. The van der Waals surface area contributed by atoms with Gasteiger partial charge in [-0.1, -0.05) is 0 Å². The van der Waals surface area contributed by atoms with Crippen LogP contribution in [-0.2, 0) is 111 Å². The van der Waals surface area contributed by atoms with Crippen molar-refractivity contribution >= 4 is 0 Å². The third-order valence-corrected chi connectivity index (χ3v) is 2.79. The van der Waals surface area contributed by atoms with Gasteiger partial charge in [0.25, 0.3) is 6.54 Å². The van der Waals surface area contributed by atoms with Crippen LogP contribution < -0.4 is 15.6 Å². The van der Waals surface area contributed by atoms with Crippen molar-refractivity contribution in [2.75, 3.05) is 6.54 Å². The number of hydrogen-bond donors (Lipinski definition) is 0. The molecule has 0 spiro atoms. The Morgan fingerprint density at radius 3 is 1.38 bits per heavy atom. The van der Waals surface area contributed by atoms with Gasteiger partial charge in [0.2, 0.25) is 0 Å². The molecule has 24 nitrogen and oxygen atoms in total. The molecule has 0 saturated carbocycles. The molecule has 27 heteroatoms. The van der Waals surface area contributed by atoms with Crippen molar-refractivity contribution in [2.45, 2.75) is 46.6 Å². The molecule has 4 aromatic heterocycles. The van der Waals surface area contributed by atoms with Crippen LogP contribution in [-0.4, -0.2) is 73.0 Å². The Hall–Kier alpha value is -2.81. The van der Waals surface area contributed by atoms with E-state index in [0.29, 0.717) is 36.1 Å². The van der Waals surface area contributed by atoms with Crippen LogP contribution >= 0.6 is 0 Å². The Bertz CT molecular complexity index is 1170. The summed E-state index contributed by atoms with van der Waals surface area (Å²) in [4.78, 5) is 7.28. The maximum atomic E-state index is 7.60. The maximum Gasteiger partial charge on any atom is 0.298 e. The van der Waals surface area contributed by atoms with E-state index in [1.165, 1.54) is 9.82 Å². The number of tetrazole rings is 4. The molecule has 0 bridgehead atoms. The van der Waals surface area contributed by atoms with Gasteiger partial charge in [-0.15, -0.1) is 10.2 Å². The topological polar surface area (TPSA) is 347 Å². The van der Waals surface area contributed by atoms with Crippen LogP contribution in [0.2, 0.25) is 0 Å². The largest absolute Gasteiger partial charge is 0.373 e. The molecular weight excluding hydrogens is 783 g/mol. The predicted octanol–water partition coefficient (Wildman–Crippen LogP) is -0.0667. The molecule has 0 unspecified atom stereocenters. The monoisotopic (exact) mass is 803 g/mol. The minimum atomic E-state index is -0.0139. The van der Waals surface area contributed by atoms with Gasteiger partial charge in [0.05, 0.1) is 18.3 Å². The van der Waals surface area contributed by atoms with Crippen LogP contribution in [0.15, 0.2) is 0 Å². The smallest absolute Gasteiger partial charge is 0.298 e. The molecule has 0 aliphatic rings. The molecule has 0 aliphatic carbocycles. The average Bonchev–Trinajstić information content (AvgIpc) is 3.72. The Balaban J connectivity index is -0.000000146. The number of nitriles is 1. The average molecular weight is 803 g/mol. The third kappa shape index (κ3) is 28.7. The summed E-state index contributed by atoms with van der Waals surface area (Å²) in [5.41, 5.74) is 27.0. The molecule has 215 valence electrons. The van der Waals surface area contributed by atoms with Crippen LogP contribution in [0.1, 0.15) is 57.0 Å². The van der Waals surface area contributed by atoms with Crippen LogP contribution in [0.4, 0.5) is 0 Å². The first kappa shape index (κ1) is 48.9. The van der Waals surface area contributed by atoms with Crippen molar-refractivity contribution in [1.82, 2.24) is 82.1 Å². The second-order valence-corrected chi connectivity index (χ2v) is 6.09. The van der Waals surface area contributed by atoms with E-state index in [9.17, 15) is 0 Å². The van der Waals surface area contributed by atoms with E-state index >= 15 is 0 Å². The summed E-state index contributed by atoms with van der Waals surface area (Å²) >= 11 is 0. The van der Waals surface area contributed by atoms with Gasteiger partial charge in [-0.05, 0) is 19.1 Å². The number of hydrogen-bond acceptors (Lipinski definition) is 13. The summed E-state index contributed by atoms with van der Waals surface area (Å²) in [5.74, 6) is 2.03. The maximum absolute atomic E-state index is 7.60. The summed E-state index contributed by atoms with van der Waals surface area (Å²) in [6.45, 7) is 14.0. The molecule has 42 heavy (non-hydrogen) atoms. The second-order valence-electron chi connectivity index (χ2n) is 6.09. The van der Waals surface area contributed by atoms with Crippen LogP contribution in [0.25, 0.3) is 36.8 Å². The molecule has 3 radical (unpaired) electrons. The van der Waals surface area contributed by atoms with Crippen LogP contribution in [0.3, 0.4) is 0 Å². The molecule has 0 atom stereocenters. The third-order valence-electron chi connectivity index (χ3n) is 2.79. The van der Waals surface area contributed by atoms with E-state index in [2.05, 4.69) is 82.1 Å². The first-order valence-corrected chi connectivity index (χ1v) is 10.1. The van der Waals surface area contributed by atoms with E-state index in [-0.39, 0.29) is 111 Å². The molecule has 0 aromatic carbocycles. The van der Waals surface area contributed by atoms with Crippen molar-refractivity contribution in [3.8, 4) is 6.07 Å². The van der Waals surface area contributed by atoms with Gasteiger partial charge in [0.15, 0.2) is 5.82 Å².